The molecule has 2 aromatic rings. The topological polar surface area (TPSA) is 49.4 Å². The minimum Gasteiger partial charge on any atom is -0.352 e. The number of nitrogens with zero attached hydrogens (tertiary/aromatic N) is 1. The molecular weight excluding hydrogens is 407 g/mol. The van der Waals surface area contributed by atoms with Crippen molar-refractivity contribution in [1.29, 1.82) is 0 Å². The van der Waals surface area contributed by atoms with Gasteiger partial charge in [-0.05, 0) is 50.5 Å². The highest BCUT2D eigenvalue weighted by Crippen LogP contribution is 2.23. The Morgan fingerprint density at radius 2 is 1.72 bits per heavy atom. The molecule has 0 saturated carbocycles. The monoisotopic (exact) mass is 434 g/mol. The van der Waals surface area contributed by atoms with Crippen molar-refractivity contribution in [1.82, 2.24) is 10.2 Å². The Labute approximate surface area is 183 Å². The van der Waals surface area contributed by atoms with Crippen LogP contribution in [0, 0.1) is 6.92 Å². The van der Waals surface area contributed by atoms with E-state index >= 15 is 0 Å². The van der Waals surface area contributed by atoms with Gasteiger partial charge in [-0.3, -0.25) is 9.59 Å². The molecule has 29 heavy (non-hydrogen) atoms. The standard InChI is InChI=1S/C23H28Cl2N2O2/c1-5-16(3)26-23(29)17(4)27(14-18-8-6-15(2)7-9-18)22(28)12-19-10-11-20(24)13-21(19)25/h6-11,13,16-17H,5,12,14H2,1-4H3,(H,26,29)/t16-,17-/m0/s1. The van der Waals surface area contributed by atoms with E-state index in [9.17, 15) is 9.59 Å². The quantitative estimate of drug-likeness (QED) is 0.622. The number of carbonyl (C=O) groups excluding carboxylic acids is 2. The molecule has 0 aliphatic heterocycles. The number of benzene rings is 2. The number of hydrogen-bond donors (Lipinski definition) is 1. The normalized spacial score (nSPS) is 12.9. The summed E-state index contributed by atoms with van der Waals surface area (Å²) in [7, 11) is 0. The molecule has 1 N–H and O–H groups in total. The van der Waals surface area contributed by atoms with Crippen molar-refractivity contribution in [2.45, 2.75) is 59.2 Å². The van der Waals surface area contributed by atoms with Gasteiger partial charge in [0, 0.05) is 22.6 Å². The SMILES string of the molecule is CC[C@H](C)NC(=O)[C@H](C)N(Cc1ccc(C)cc1)C(=O)Cc1ccc(Cl)cc1Cl. The van der Waals surface area contributed by atoms with Gasteiger partial charge in [-0.2, -0.15) is 0 Å². The van der Waals surface area contributed by atoms with Crippen LogP contribution in [-0.2, 0) is 22.6 Å². The van der Waals surface area contributed by atoms with E-state index in [1.165, 1.54) is 0 Å². The number of rotatable bonds is 8. The fraction of sp³-hybridized carbons (Fsp3) is 0.391. The molecule has 0 aliphatic carbocycles. The summed E-state index contributed by atoms with van der Waals surface area (Å²) in [5.74, 6) is -0.330. The third kappa shape index (κ3) is 6.76. The molecule has 2 rings (SSSR count). The predicted octanol–water partition coefficient (Wildman–Crippen LogP) is 5.18. The second kappa shape index (κ2) is 10.7. The molecule has 0 spiro atoms. The lowest BCUT2D eigenvalue weighted by Crippen LogP contribution is -2.49. The Morgan fingerprint density at radius 1 is 1.07 bits per heavy atom. The molecule has 2 atom stereocenters. The van der Waals surface area contributed by atoms with Crippen LogP contribution in [0.15, 0.2) is 42.5 Å². The Balaban J connectivity index is 2.25. The van der Waals surface area contributed by atoms with Crippen LogP contribution in [0.25, 0.3) is 0 Å². The van der Waals surface area contributed by atoms with Gasteiger partial charge in [0.05, 0.1) is 6.42 Å². The number of halogens is 2. The van der Waals surface area contributed by atoms with Crippen LogP contribution in [0.2, 0.25) is 10.0 Å². The summed E-state index contributed by atoms with van der Waals surface area (Å²) in [6.07, 6.45) is 0.924. The molecule has 0 heterocycles. The lowest BCUT2D eigenvalue weighted by Gasteiger charge is -2.30. The van der Waals surface area contributed by atoms with Gasteiger partial charge >= 0.3 is 0 Å². The van der Waals surface area contributed by atoms with Crippen molar-refractivity contribution >= 4 is 35.0 Å². The fourth-order valence-corrected chi connectivity index (χ4v) is 3.34. The molecule has 4 nitrogen and oxygen atoms in total. The van der Waals surface area contributed by atoms with E-state index < -0.39 is 6.04 Å². The molecular formula is C23H28Cl2N2O2. The number of amides is 2. The van der Waals surface area contributed by atoms with Crippen molar-refractivity contribution in [2.75, 3.05) is 0 Å². The van der Waals surface area contributed by atoms with E-state index in [0.29, 0.717) is 22.2 Å². The lowest BCUT2D eigenvalue weighted by atomic mass is 10.1. The van der Waals surface area contributed by atoms with Gasteiger partial charge in [0.25, 0.3) is 0 Å². The van der Waals surface area contributed by atoms with Crippen LogP contribution in [0.4, 0.5) is 0 Å². The molecule has 6 heteroatoms. The first kappa shape index (κ1) is 23.2. The molecule has 0 aromatic heterocycles. The summed E-state index contributed by atoms with van der Waals surface area (Å²) in [4.78, 5) is 27.5. The molecule has 2 aromatic carbocycles. The number of nitrogens with one attached hydrogen (secondary N) is 1. The van der Waals surface area contributed by atoms with Gasteiger partial charge in [-0.15, -0.1) is 0 Å². The maximum Gasteiger partial charge on any atom is 0.242 e. The average Bonchev–Trinajstić information content (AvgIpc) is 2.68. The van der Waals surface area contributed by atoms with E-state index in [-0.39, 0.29) is 24.3 Å². The van der Waals surface area contributed by atoms with Gasteiger partial charge in [0.15, 0.2) is 0 Å². The molecule has 0 bridgehead atoms. The Morgan fingerprint density at radius 3 is 2.31 bits per heavy atom. The van der Waals surface area contributed by atoms with Crippen molar-refractivity contribution in [3.05, 3.63) is 69.2 Å². The summed E-state index contributed by atoms with van der Waals surface area (Å²) in [6, 6.07) is 12.5. The first-order chi connectivity index (χ1) is 13.7. The van der Waals surface area contributed by atoms with Crippen LogP contribution < -0.4 is 5.32 Å². The maximum absolute atomic E-state index is 13.2. The summed E-state index contributed by atoms with van der Waals surface area (Å²) in [5.41, 5.74) is 2.79. The van der Waals surface area contributed by atoms with Crippen LogP contribution in [0.3, 0.4) is 0 Å². The second-order valence-electron chi connectivity index (χ2n) is 7.41. The zero-order valence-electron chi connectivity index (χ0n) is 17.3. The number of carbonyl (C=O) groups is 2. The molecule has 0 radical (unpaired) electrons. The van der Waals surface area contributed by atoms with E-state index in [1.54, 1.807) is 30.0 Å². The van der Waals surface area contributed by atoms with E-state index in [2.05, 4.69) is 5.32 Å². The van der Waals surface area contributed by atoms with Crippen molar-refractivity contribution in [3.8, 4) is 0 Å². The van der Waals surface area contributed by atoms with Crippen LogP contribution >= 0.6 is 23.2 Å². The van der Waals surface area contributed by atoms with Gasteiger partial charge in [0.1, 0.15) is 6.04 Å². The first-order valence-electron chi connectivity index (χ1n) is 9.80. The lowest BCUT2D eigenvalue weighted by molar-refractivity contribution is -0.140. The van der Waals surface area contributed by atoms with Crippen LogP contribution in [0.5, 0.6) is 0 Å². The van der Waals surface area contributed by atoms with Gasteiger partial charge in [-0.25, -0.2) is 0 Å². The Kier molecular flexibility index (Phi) is 8.54. The maximum atomic E-state index is 13.2. The van der Waals surface area contributed by atoms with Crippen LogP contribution in [-0.4, -0.2) is 28.8 Å². The van der Waals surface area contributed by atoms with Crippen molar-refractivity contribution < 1.29 is 9.59 Å². The Hall–Kier alpha value is -2.04. The predicted molar refractivity (Wildman–Crippen MR) is 119 cm³/mol. The zero-order chi connectivity index (χ0) is 21.6. The number of hydrogen-bond acceptors (Lipinski definition) is 2. The minimum absolute atomic E-state index is 0.0481. The summed E-state index contributed by atoms with van der Waals surface area (Å²) >= 11 is 12.2. The van der Waals surface area contributed by atoms with Gasteiger partial charge in [0.2, 0.25) is 11.8 Å². The van der Waals surface area contributed by atoms with E-state index in [1.807, 2.05) is 45.0 Å². The zero-order valence-corrected chi connectivity index (χ0v) is 18.8. The summed E-state index contributed by atoms with van der Waals surface area (Å²) < 4.78 is 0. The van der Waals surface area contributed by atoms with Gasteiger partial charge in [-0.1, -0.05) is 66.0 Å². The smallest absolute Gasteiger partial charge is 0.242 e. The summed E-state index contributed by atoms with van der Waals surface area (Å²) in [5, 5.41) is 3.93. The highest BCUT2D eigenvalue weighted by Gasteiger charge is 2.27. The molecule has 0 aliphatic rings. The highest BCUT2D eigenvalue weighted by molar-refractivity contribution is 6.35. The van der Waals surface area contributed by atoms with Crippen LogP contribution in [0.1, 0.15) is 43.9 Å². The van der Waals surface area contributed by atoms with Crippen molar-refractivity contribution in [2.24, 2.45) is 0 Å². The average molecular weight is 435 g/mol. The second-order valence-corrected chi connectivity index (χ2v) is 8.26. The fourth-order valence-electron chi connectivity index (χ4n) is 2.87. The van der Waals surface area contributed by atoms with E-state index in [0.717, 1.165) is 17.5 Å². The largest absolute Gasteiger partial charge is 0.352 e. The van der Waals surface area contributed by atoms with Crippen molar-refractivity contribution in [3.63, 3.8) is 0 Å². The molecule has 0 saturated heterocycles. The Bertz CT molecular complexity index is 852. The highest BCUT2D eigenvalue weighted by atomic mass is 35.5. The van der Waals surface area contributed by atoms with E-state index in [4.69, 9.17) is 23.2 Å². The third-order valence-corrected chi connectivity index (χ3v) is 5.59. The molecule has 156 valence electrons. The minimum atomic E-state index is -0.608. The molecule has 0 unspecified atom stereocenters. The third-order valence-electron chi connectivity index (χ3n) is 5.00. The molecule has 2 amide bonds. The summed E-state index contributed by atoms with van der Waals surface area (Å²) in [6.45, 7) is 8.07. The number of aryl methyl sites for hydroxylation is 1. The molecule has 0 fully saturated rings. The first-order valence-corrected chi connectivity index (χ1v) is 10.6. The van der Waals surface area contributed by atoms with Gasteiger partial charge < -0.3 is 10.2 Å².